The zero-order valence-corrected chi connectivity index (χ0v) is 14.2. The van der Waals surface area contributed by atoms with Gasteiger partial charge in [0.2, 0.25) is 0 Å². The lowest BCUT2D eigenvalue weighted by atomic mass is 10.1. The molecule has 1 unspecified atom stereocenters. The molecule has 1 atom stereocenters. The van der Waals surface area contributed by atoms with E-state index in [-0.39, 0.29) is 30.5 Å². The molecule has 1 aromatic heterocycles. The molecule has 7 heteroatoms. The molecule has 1 aromatic rings. The molecule has 0 saturated carbocycles. The smallest absolute Gasteiger partial charge is 0.255 e. The van der Waals surface area contributed by atoms with Gasteiger partial charge in [0.1, 0.15) is 0 Å². The van der Waals surface area contributed by atoms with E-state index in [0.29, 0.717) is 18.4 Å². The van der Waals surface area contributed by atoms with E-state index in [2.05, 4.69) is 34.0 Å². The third-order valence-electron chi connectivity index (χ3n) is 2.40. The van der Waals surface area contributed by atoms with Gasteiger partial charge in [0.05, 0.1) is 6.54 Å². The molecule has 0 aliphatic carbocycles. The van der Waals surface area contributed by atoms with Gasteiger partial charge in [0, 0.05) is 18.5 Å². The van der Waals surface area contributed by atoms with Gasteiger partial charge >= 0.3 is 0 Å². The number of nitrogens with one attached hydrogen (secondary N) is 2. The van der Waals surface area contributed by atoms with Crippen molar-refractivity contribution in [1.29, 1.82) is 0 Å². The zero-order chi connectivity index (χ0) is 13.4. The summed E-state index contributed by atoms with van der Waals surface area (Å²) in [7, 11) is 1.57. The van der Waals surface area contributed by atoms with Crippen molar-refractivity contribution in [2.24, 2.45) is 10.9 Å². The van der Waals surface area contributed by atoms with E-state index >= 15 is 0 Å². The van der Waals surface area contributed by atoms with Crippen molar-refractivity contribution < 1.29 is 8.78 Å². The van der Waals surface area contributed by atoms with Crippen molar-refractivity contribution in [3.63, 3.8) is 0 Å². The van der Waals surface area contributed by atoms with E-state index in [1.165, 1.54) is 4.88 Å². The predicted octanol–water partition coefficient (Wildman–Crippen LogP) is 2.97. The first-order valence-corrected chi connectivity index (χ1v) is 6.74. The van der Waals surface area contributed by atoms with Crippen LogP contribution in [0.2, 0.25) is 0 Å². The van der Waals surface area contributed by atoms with Crippen LogP contribution < -0.4 is 10.6 Å². The molecular formula is C12H20F2IN3S. The number of hydrogen-bond acceptors (Lipinski definition) is 2. The van der Waals surface area contributed by atoms with Gasteiger partial charge in [-0.3, -0.25) is 4.99 Å². The predicted molar refractivity (Wildman–Crippen MR) is 88.0 cm³/mol. The molecule has 0 fully saturated rings. The molecule has 1 rings (SSSR count). The van der Waals surface area contributed by atoms with Gasteiger partial charge in [0.15, 0.2) is 5.96 Å². The van der Waals surface area contributed by atoms with Crippen LogP contribution in [0.25, 0.3) is 0 Å². The lowest BCUT2D eigenvalue weighted by Gasteiger charge is -2.15. The maximum absolute atomic E-state index is 12.0. The quantitative estimate of drug-likeness (QED) is 0.436. The first-order valence-electron chi connectivity index (χ1n) is 5.87. The molecule has 0 saturated heterocycles. The van der Waals surface area contributed by atoms with Gasteiger partial charge in [-0.2, -0.15) is 0 Å². The zero-order valence-electron chi connectivity index (χ0n) is 11.0. The fourth-order valence-corrected chi connectivity index (χ4v) is 2.38. The average Bonchev–Trinajstić information content (AvgIpc) is 2.81. The molecule has 0 spiro atoms. The molecule has 0 radical (unpaired) electrons. The lowest BCUT2D eigenvalue weighted by Crippen LogP contribution is -2.41. The Morgan fingerprint density at radius 1 is 1.37 bits per heavy atom. The monoisotopic (exact) mass is 403 g/mol. The van der Waals surface area contributed by atoms with Crippen LogP contribution >= 0.6 is 35.3 Å². The highest BCUT2D eigenvalue weighted by Crippen LogP contribution is 2.13. The Kier molecular flexibility index (Phi) is 10.1. The Hall–Kier alpha value is -0.440. The average molecular weight is 403 g/mol. The van der Waals surface area contributed by atoms with Crippen LogP contribution in [0.15, 0.2) is 22.5 Å². The van der Waals surface area contributed by atoms with E-state index in [1.54, 1.807) is 18.4 Å². The van der Waals surface area contributed by atoms with Gasteiger partial charge in [-0.05, 0) is 23.8 Å². The van der Waals surface area contributed by atoms with E-state index in [4.69, 9.17) is 0 Å². The second-order valence-electron chi connectivity index (χ2n) is 4.11. The van der Waals surface area contributed by atoms with Gasteiger partial charge in [-0.1, -0.05) is 13.0 Å². The summed E-state index contributed by atoms with van der Waals surface area (Å²) in [6, 6.07) is 4.13. The molecule has 3 nitrogen and oxygen atoms in total. The maximum Gasteiger partial charge on any atom is 0.255 e. The van der Waals surface area contributed by atoms with E-state index in [9.17, 15) is 8.78 Å². The Morgan fingerprint density at radius 3 is 2.58 bits per heavy atom. The van der Waals surface area contributed by atoms with Crippen LogP contribution in [-0.4, -0.2) is 32.5 Å². The summed E-state index contributed by atoms with van der Waals surface area (Å²) < 4.78 is 24.1. The SMILES string of the molecule is CN=C(NCC(F)F)NCC(C)Cc1cccs1.I. The second-order valence-corrected chi connectivity index (χ2v) is 5.15. The Bertz CT molecular complexity index is 358. The minimum absolute atomic E-state index is 0. The van der Waals surface area contributed by atoms with Crippen molar-refractivity contribution in [1.82, 2.24) is 10.6 Å². The summed E-state index contributed by atoms with van der Waals surface area (Å²) in [6.07, 6.45) is -1.39. The minimum atomic E-state index is -2.37. The van der Waals surface area contributed by atoms with Crippen molar-refractivity contribution >= 4 is 41.3 Å². The molecule has 0 amide bonds. The van der Waals surface area contributed by atoms with Crippen LogP contribution in [0.5, 0.6) is 0 Å². The summed E-state index contributed by atoms with van der Waals surface area (Å²) in [4.78, 5) is 5.23. The Balaban J connectivity index is 0.00000324. The standard InChI is InChI=1S/C12H19F2N3S.HI/c1-9(6-10-4-3-5-18-10)7-16-12(15-2)17-8-11(13)14;/h3-5,9,11H,6-8H2,1-2H3,(H2,15,16,17);1H. The molecule has 0 aromatic carbocycles. The molecule has 0 aliphatic heterocycles. The largest absolute Gasteiger partial charge is 0.356 e. The number of thiophene rings is 1. The number of nitrogens with zero attached hydrogens (tertiary/aromatic N) is 1. The second kappa shape index (κ2) is 10.4. The van der Waals surface area contributed by atoms with Crippen molar-refractivity contribution in [3.8, 4) is 0 Å². The summed E-state index contributed by atoms with van der Waals surface area (Å²) in [5.74, 6) is 0.849. The number of halogens is 3. The van der Waals surface area contributed by atoms with Gasteiger partial charge in [-0.25, -0.2) is 8.78 Å². The third kappa shape index (κ3) is 8.35. The fraction of sp³-hybridized carbons (Fsp3) is 0.583. The summed E-state index contributed by atoms with van der Waals surface area (Å²) in [5.41, 5.74) is 0. The highest BCUT2D eigenvalue weighted by molar-refractivity contribution is 14.0. The topological polar surface area (TPSA) is 36.4 Å². The van der Waals surface area contributed by atoms with Crippen LogP contribution in [-0.2, 0) is 6.42 Å². The number of alkyl halides is 2. The highest BCUT2D eigenvalue weighted by Gasteiger charge is 2.07. The summed E-state index contributed by atoms with van der Waals surface area (Å²) in [5, 5.41) is 7.68. The number of aliphatic imine (C=N–C) groups is 1. The molecule has 0 bridgehead atoms. The van der Waals surface area contributed by atoms with Crippen LogP contribution in [0, 0.1) is 5.92 Å². The van der Waals surface area contributed by atoms with E-state index < -0.39 is 6.43 Å². The van der Waals surface area contributed by atoms with Gasteiger partial charge in [0.25, 0.3) is 6.43 Å². The normalized spacial score (nSPS) is 13.0. The van der Waals surface area contributed by atoms with Gasteiger partial charge in [-0.15, -0.1) is 35.3 Å². The van der Waals surface area contributed by atoms with E-state index in [1.807, 2.05) is 6.07 Å². The fourth-order valence-electron chi connectivity index (χ4n) is 1.51. The summed E-state index contributed by atoms with van der Waals surface area (Å²) >= 11 is 1.73. The summed E-state index contributed by atoms with van der Waals surface area (Å²) in [6.45, 7) is 2.45. The van der Waals surface area contributed by atoms with Crippen LogP contribution in [0.3, 0.4) is 0 Å². The van der Waals surface area contributed by atoms with Crippen LogP contribution in [0.1, 0.15) is 11.8 Å². The molecule has 1 heterocycles. The molecule has 19 heavy (non-hydrogen) atoms. The lowest BCUT2D eigenvalue weighted by molar-refractivity contribution is 0.152. The number of rotatable bonds is 6. The van der Waals surface area contributed by atoms with E-state index in [0.717, 1.165) is 6.42 Å². The Morgan fingerprint density at radius 2 is 2.05 bits per heavy atom. The van der Waals surface area contributed by atoms with Crippen molar-refractivity contribution in [2.45, 2.75) is 19.8 Å². The molecule has 110 valence electrons. The first-order chi connectivity index (χ1) is 8.61. The molecular weight excluding hydrogens is 383 g/mol. The molecule has 2 N–H and O–H groups in total. The molecule has 0 aliphatic rings. The Labute approximate surface area is 133 Å². The van der Waals surface area contributed by atoms with Crippen molar-refractivity contribution in [2.75, 3.05) is 20.1 Å². The van der Waals surface area contributed by atoms with Gasteiger partial charge < -0.3 is 10.6 Å². The van der Waals surface area contributed by atoms with Crippen molar-refractivity contribution in [3.05, 3.63) is 22.4 Å². The number of hydrogen-bond donors (Lipinski definition) is 2. The highest BCUT2D eigenvalue weighted by atomic mass is 127. The third-order valence-corrected chi connectivity index (χ3v) is 3.29. The number of guanidine groups is 1. The first kappa shape index (κ1) is 18.6. The minimum Gasteiger partial charge on any atom is -0.356 e. The maximum atomic E-state index is 12.0. The van der Waals surface area contributed by atoms with Crippen LogP contribution in [0.4, 0.5) is 8.78 Å².